The molecular weight excluding hydrogens is 422 g/mol. The first-order chi connectivity index (χ1) is 13.3. The molecule has 150 valence electrons. The highest BCUT2D eigenvalue weighted by atomic mass is 35.5. The lowest BCUT2D eigenvalue weighted by atomic mass is 10.3. The molecule has 1 aliphatic rings. The summed E-state index contributed by atoms with van der Waals surface area (Å²) in [7, 11) is -3.60. The van der Waals surface area contributed by atoms with Crippen molar-refractivity contribution in [2.75, 3.05) is 26.2 Å². The summed E-state index contributed by atoms with van der Waals surface area (Å²) in [6.45, 7) is 2.95. The second-order valence-corrected chi connectivity index (χ2v) is 9.87. The predicted molar refractivity (Wildman–Crippen MR) is 108 cm³/mol. The lowest BCUT2D eigenvalue weighted by molar-refractivity contribution is -0.119. The van der Waals surface area contributed by atoms with Crippen LogP contribution in [0.3, 0.4) is 0 Å². The molecule has 10 heteroatoms. The number of nitrogens with zero attached hydrogens (tertiary/aromatic N) is 2. The third-order valence-electron chi connectivity index (χ3n) is 4.36. The molecule has 1 N–H and O–H groups in total. The number of hydrogen-bond acceptors (Lipinski definition) is 5. The minimum Gasteiger partial charge on any atom is -0.351 e. The van der Waals surface area contributed by atoms with E-state index in [0.29, 0.717) is 29.5 Å². The number of halogens is 1. The number of benzene rings is 1. The van der Waals surface area contributed by atoms with Crippen LogP contribution in [0, 0.1) is 0 Å². The van der Waals surface area contributed by atoms with Crippen molar-refractivity contribution >= 4 is 44.8 Å². The van der Waals surface area contributed by atoms with Gasteiger partial charge in [-0.15, -0.1) is 11.3 Å². The molecule has 28 heavy (non-hydrogen) atoms. The largest absolute Gasteiger partial charge is 0.351 e. The summed E-state index contributed by atoms with van der Waals surface area (Å²) in [5, 5.41) is 3.18. The number of amides is 2. The topological polar surface area (TPSA) is 86.8 Å². The van der Waals surface area contributed by atoms with E-state index in [2.05, 4.69) is 5.32 Å². The molecule has 0 atom stereocenters. The van der Waals surface area contributed by atoms with Gasteiger partial charge in [0.15, 0.2) is 0 Å². The number of thiophene rings is 1. The number of piperazine rings is 1. The van der Waals surface area contributed by atoms with Crippen LogP contribution in [-0.2, 0) is 21.4 Å². The molecular formula is C18H20ClN3O4S2. The molecule has 7 nitrogen and oxygen atoms in total. The van der Waals surface area contributed by atoms with E-state index in [0.717, 1.165) is 4.88 Å². The Hall–Kier alpha value is -1.94. The van der Waals surface area contributed by atoms with Gasteiger partial charge in [0, 0.05) is 43.0 Å². The van der Waals surface area contributed by atoms with E-state index in [-0.39, 0.29) is 29.8 Å². The Balaban J connectivity index is 1.61. The number of rotatable bonds is 5. The molecule has 1 fully saturated rings. The third kappa shape index (κ3) is 4.72. The molecule has 0 saturated carbocycles. The zero-order chi connectivity index (χ0) is 20.3. The molecule has 1 aliphatic heterocycles. The van der Waals surface area contributed by atoms with E-state index in [1.807, 2.05) is 6.07 Å². The molecule has 0 unspecified atom stereocenters. The Kier molecular flexibility index (Phi) is 6.39. The van der Waals surface area contributed by atoms with Crippen LogP contribution in [0.25, 0.3) is 0 Å². The summed E-state index contributed by atoms with van der Waals surface area (Å²) in [6.07, 6.45) is 0. The van der Waals surface area contributed by atoms with Gasteiger partial charge in [-0.25, -0.2) is 8.42 Å². The average Bonchev–Trinajstić information content (AvgIpc) is 3.15. The fourth-order valence-electron chi connectivity index (χ4n) is 2.84. The van der Waals surface area contributed by atoms with Crippen LogP contribution >= 0.6 is 22.9 Å². The molecule has 0 spiro atoms. The molecule has 0 radical (unpaired) electrons. The first-order valence-electron chi connectivity index (χ1n) is 8.65. The quantitative estimate of drug-likeness (QED) is 0.770. The van der Waals surface area contributed by atoms with Crippen LogP contribution in [0.15, 0.2) is 41.3 Å². The van der Waals surface area contributed by atoms with Crippen LogP contribution in [0.4, 0.5) is 0 Å². The van der Waals surface area contributed by atoms with Crippen molar-refractivity contribution in [3.63, 3.8) is 0 Å². The Labute approximate surface area is 172 Å². The summed E-state index contributed by atoms with van der Waals surface area (Å²) < 4.78 is 26.8. The van der Waals surface area contributed by atoms with Crippen molar-refractivity contribution in [3.05, 3.63) is 51.2 Å². The minimum atomic E-state index is -3.60. The highest BCUT2D eigenvalue weighted by Gasteiger charge is 2.30. The monoisotopic (exact) mass is 441 g/mol. The standard InChI is InChI=1S/C18H20ClN3O4S2/c1-13(23)20-12-15-4-7-17(27-15)18(24)21-8-10-22(11-9-21)28(25,26)16-5-2-14(19)3-6-16/h2-7H,8-12H2,1H3,(H,20,23). The molecule has 2 amide bonds. The average molecular weight is 442 g/mol. The van der Waals surface area contributed by atoms with Gasteiger partial charge in [0.25, 0.3) is 5.91 Å². The Morgan fingerprint density at radius 2 is 1.71 bits per heavy atom. The van der Waals surface area contributed by atoms with Gasteiger partial charge < -0.3 is 10.2 Å². The van der Waals surface area contributed by atoms with Crippen molar-refractivity contribution in [1.82, 2.24) is 14.5 Å². The van der Waals surface area contributed by atoms with Gasteiger partial charge in [-0.3, -0.25) is 9.59 Å². The maximum atomic E-state index is 12.7. The first-order valence-corrected chi connectivity index (χ1v) is 11.3. The highest BCUT2D eigenvalue weighted by molar-refractivity contribution is 7.89. The van der Waals surface area contributed by atoms with Gasteiger partial charge in [0.1, 0.15) is 0 Å². The molecule has 0 bridgehead atoms. The van der Waals surface area contributed by atoms with Crippen molar-refractivity contribution in [2.24, 2.45) is 0 Å². The number of carbonyl (C=O) groups is 2. The molecule has 1 aromatic heterocycles. The van der Waals surface area contributed by atoms with Gasteiger partial charge in [-0.2, -0.15) is 4.31 Å². The van der Waals surface area contributed by atoms with Crippen molar-refractivity contribution in [2.45, 2.75) is 18.4 Å². The molecule has 1 aromatic carbocycles. The molecule has 2 heterocycles. The third-order valence-corrected chi connectivity index (χ3v) is 7.60. The van der Waals surface area contributed by atoms with Crippen LogP contribution in [0.2, 0.25) is 5.02 Å². The minimum absolute atomic E-state index is 0.123. The lowest BCUT2D eigenvalue weighted by Crippen LogP contribution is -2.50. The van der Waals surface area contributed by atoms with Gasteiger partial charge in [0.05, 0.1) is 16.3 Å². The Morgan fingerprint density at radius 1 is 1.07 bits per heavy atom. The van der Waals surface area contributed by atoms with Crippen molar-refractivity contribution in [3.8, 4) is 0 Å². The first kappa shape index (κ1) is 20.8. The summed E-state index contributed by atoms with van der Waals surface area (Å²) in [5.41, 5.74) is 0. The number of hydrogen-bond donors (Lipinski definition) is 1. The fourth-order valence-corrected chi connectivity index (χ4v) is 5.31. The summed E-state index contributed by atoms with van der Waals surface area (Å²) in [4.78, 5) is 27.0. The number of sulfonamides is 1. The zero-order valence-electron chi connectivity index (χ0n) is 15.2. The van der Waals surface area contributed by atoms with E-state index in [4.69, 9.17) is 11.6 Å². The maximum Gasteiger partial charge on any atom is 0.264 e. The van der Waals surface area contributed by atoms with Gasteiger partial charge in [0.2, 0.25) is 15.9 Å². The SMILES string of the molecule is CC(=O)NCc1ccc(C(=O)N2CCN(S(=O)(=O)c3ccc(Cl)cc3)CC2)s1. The molecule has 3 rings (SSSR count). The van der Waals surface area contributed by atoms with Crippen LogP contribution in [0.1, 0.15) is 21.5 Å². The molecule has 1 saturated heterocycles. The number of nitrogens with one attached hydrogen (secondary N) is 1. The summed E-state index contributed by atoms with van der Waals surface area (Å²) in [5.74, 6) is -0.248. The van der Waals surface area contributed by atoms with E-state index < -0.39 is 10.0 Å². The van der Waals surface area contributed by atoms with Crippen molar-refractivity contribution < 1.29 is 18.0 Å². The van der Waals surface area contributed by atoms with Crippen LogP contribution < -0.4 is 5.32 Å². The highest BCUT2D eigenvalue weighted by Crippen LogP contribution is 2.22. The lowest BCUT2D eigenvalue weighted by Gasteiger charge is -2.33. The van der Waals surface area contributed by atoms with E-state index in [1.165, 1.54) is 34.7 Å². The van der Waals surface area contributed by atoms with Crippen LogP contribution in [-0.4, -0.2) is 55.6 Å². The van der Waals surface area contributed by atoms with Gasteiger partial charge in [-0.1, -0.05) is 11.6 Å². The van der Waals surface area contributed by atoms with Gasteiger partial charge in [-0.05, 0) is 36.4 Å². The van der Waals surface area contributed by atoms with Crippen LogP contribution in [0.5, 0.6) is 0 Å². The molecule has 0 aliphatic carbocycles. The summed E-state index contributed by atoms with van der Waals surface area (Å²) >= 11 is 7.16. The van der Waals surface area contributed by atoms with E-state index >= 15 is 0 Å². The van der Waals surface area contributed by atoms with Crippen molar-refractivity contribution in [1.29, 1.82) is 0 Å². The normalized spacial score (nSPS) is 15.4. The Morgan fingerprint density at radius 3 is 2.32 bits per heavy atom. The second kappa shape index (κ2) is 8.60. The second-order valence-electron chi connectivity index (χ2n) is 6.33. The maximum absolute atomic E-state index is 12.7. The molecule has 2 aromatic rings. The Bertz CT molecular complexity index is 965. The fraction of sp³-hybridized carbons (Fsp3) is 0.333. The predicted octanol–water partition coefficient (Wildman–Crippen LogP) is 2.18. The van der Waals surface area contributed by atoms with Gasteiger partial charge >= 0.3 is 0 Å². The van der Waals surface area contributed by atoms with E-state index in [1.54, 1.807) is 23.1 Å². The summed E-state index contributed by atoms with van der Waals surface area (Å²) in [6, 6.07) is 9.61. The number of carbonyl (C=O) groups excluding carboxylic acids is 2. The van der Waals surface area contributed by atoms with E-state index in [9.17, 15) is 18.0 Å². The zero-order valence-corrected chi connectivity index (χ0v) is 17.6. The smallest absolute Gasteiger partial charge is 0.264 e.